The van der Waals surface area contributed by atoms with Gasteiger partial charge in [-0.2, -0.15) is 0 Å². The number of methoxy groups -OCH3 is 1. The maximum absolute atomic E-state index is 5.04. The SMILES string of the molecule is COCc1nc(CNCC2CCC2)cs1. The fraction of sp³-hybridized carbons (Fsp3) is 0.727. The van der Waals surface area contributed by atoms with E-state index in [1.54, 1.807) is 18.4 Å². The van der Waals surface area contributed by atoms with Gasteiger partial charge in [0, 0.05) is 19.0 Å². The van der Waals surface area contributed by atoms with Crippen molar-refractivity contribution in [2.75, 3.05) is 13.7 Å². The van der Waals surface area contributed by atoms with Crippen LogP contribution in [0.3, 0.4) is 0 Å². The minimum Gasteiger partial charge on any atom is -0.378 e. The fourth-order valence-corrected chi connectivity index (χ4v) is 2.49. The van der Waals surface area contributed by atoms with Gasteiger partial charge in [0.1, 0.15) is 5.01 Å². The lowest BCUT2D eigenvalue weighted by Crippen LogP contribution is -2.26. The lowest BCUT2D eigenvalue weighted by Gasteiger charge is -2.25. The highest BCUT2D eigenvalue weighted by Crippen LogP contribution is 2.25. The van der Waals surface area contributed by atoms with Crippen LogP contribution < -0.4 is 5.32 Å². The number of hydrogen-bond acceptors (Lipinski definition) is 4. The van der Waals surface area contributed by atoms with E-state index in [2.05, 4.69) is 15.7 Å². The first-order valence-electron chi connectivity index (χ1n) is 5.51. The van der Waals surface area contributed by atoms with Gasteiger partial charge in [-0.1, -0.05) is 6.42 Å². The Labute approximate surface area is 94.9 Å². The molecule has 0 amide bonds. The van der Waals surface area contributed by atoms with Crippen LogP contribution >= 0.6 is 11.3 Å². The molecule has 0 unspecified atom stereocenters. The highest BCUT2D eigenvalue weighted by atomic mass is 32.1. The molecule has 1 aromatic heterocycles. The summed E-state index contributed by atoms with van der Waals surface area (Å²) >= 11 is 1.68. The minimum absolute atomic E-state index is 0.632. The van der Waals surface area contributed by atoms with E-state index in [-0.39, 0.29) is 0 Å². The highest BCUT2D eigenvalue weighted by molar-refractivity contribution is 7.09. The molecule has 1 N–H and O–H groups in total. The quantitative estimate of drug-likeness (QED) is 0.807. The van der Waals surface area contributed by atoms with Gasteiger partial charge in [-0.3, -0.25) is 0 Å². The van der Waals surface area contributed by atoms with Gasteiger partial charge in [0.05, 0.1) is 12.3 Å². The first-order chi connectivity index (χ1) is 7.38. The molecule has 1 heterocycles. The molecule has 0 aromatic carbocycles. The van der Waals surface area contributed by atoms with E-state index in [9.17, 15) is 0 Å². The average molecular weight is 226 g/mol. The summed E-state index contributed by atoms with van der Waals surface area (Å²) in [7, 11) is 1.70. The van der Waals surface area contributed by atoms with Crippen LogP contribution in [-0.4, -0.2) is 18.6 Å². The van der Waals surface area contributed by atoms with Crippen molar-refractivity contribution in [1.82, 2.24) is 10.3 Å². The molecule has 0 bridgehead atoms. The molecule has 1 aromatic rings. The third-order valence-electron chi connectivity index (χ3n) is 2.83. The summed E-state index contributed by atoms with van der Waals surface area (Å²) < 4.78 is 5.04. The predicted molar refractivity (Wildman–Crippen MR) is 61.9 cm³/mol. The molecule has 0 saturated heterocycles. The van der Waals surface area contributed by atoms with Gasteiger partial charge in [-0.05, 0) is 25.3 Å². The molecule has 0 aliphatic heterocycles. The smallest absolute Gasteiger partial charge is 0.119 e. The van der Waals surface area contributed by atoms with E-state index >= 15 is 0 Å². The Morgan fingerprint density at radius 1 is 1.60 bits per heavy atom. The molecule has 4 heteroatoms. The van der Waals surface area contributed by atoms with Crippen molar-refractivity contribution in [2.45, 2.75) is 32.4 Å². The third kappa shape index (κ3) is 3.26. The van der Waals surface area contributed by atoms with Gasteiger partial charge >= 0.3 is 0 Å². The predicted octanol–water partition coefficient (Wildman–Crippen LogP) is 2.18. The van der Waals surface area contributed by atoms with Crippen LogP contribution in [0.25, 0.3) is 0 Å². The van der Waals surface area contributed by atoms with Crippen molar-refractivity contribution in [3.8, 4) is 0 Å². The van der Waals surface area contributed by atoms with Crippen LogP contribution in [0.5, 0.6) is 0 Å². The van der Waals surface area contributed by atoms with Crippen LogP contribution in [0, 0.1) is 5.92 Å². The molecular formula is C11H18N2OS. The zero-order valence-corrected chi connectivity index (χ0v) is 9.98. The Morgan fingerprint density at radius 2 is 2.47 bits per heavy atom. The van der Waals surface area contributed by atoms with Crippen LogP contribution in [-0.2, 0) is 17.9 Å². The lowest BCUT2D eigenvalue weighted by atomic mass is 9.85. The van der Waals surface area contributed by atoms with Gasteiger partial charge in [0.15, 0.2) is 0 Å². The highest BCUT2D eigenvalue weighted by Gasteiger charge is 2.16. The summed E-state index contributed by atoms with van der Waals surface area (Å²) in [5.41, 5.74) is 1.14. The summed E-state index contributed by atoms with van der Waals surface area (Å²) in [4.78, 5) is 4.47. The first kappa shape index (κ1) is 11.0. The summed E-state index contributed by atoms with van der Waals surface area (Å²) in [6, 6.07) is 0. The molecule has 0 radical (unpaired) electrons. The Morgan fingerprint density at radius 3 is 3.13 bits per heavy atom. The molecule has 1 fully saturated rings. The van der Waals surface area contributed by atoms with Crippen LogP contribution in [0.15, 0.2) is 5.38 Å². The van der Waals surface area contributed by atoms with E-state index in [0.717, 1.165) is 29.7 Å². The maximum Gasteiger partial charge on any atom is 0.119 e. The standard InChI is InChI=1S/C11H18N2OS/c1-14-7-11-13-10(8-15-11)6-12-5-9-3-2-4-9/h8-9,12H,2-7H2,1H3. The Balaban J connectivity index is 1.67. The molecule has 1 saturated carbocycles. The van der Waals surface area contributed by atoms with Crippen molar-refractivity contribution in [3.05, 3.63) is 16.1 Å². The van der Waals surface area contributed by atoms with E-state index in [1.807, 2.05) is 0 Å². The molecule has 15 heavy (non-hydrogen) atoms. The Hall–Kier alpha value is -0.450. The van der Waals surface area contributed by atoms with E-state index in [1.165, 1.54) is 19.3 Å². The number of hydrogen-bond donors (Lipinski definition) is 1. The van der Waals surface area contributed by atoms with Crippen LogP contribution in [0.1, 0.15) is 30.0 Å². The average Bonchev–Trinajstić information content (AvgIpc) is 2.58. The van der Waals surface area contributed by atoms with E-state index < -0.39 is 0 Å². The van der Waals surface area contributed by atoms with Crippen LogP contribution in [0.4, 0.5) is 0 Å². The first-order valence-corrected chi connectivity index (χ1v) is 6.39. The number of aromatic nitrogens is 1. The molecule has 84 valence electrons. The molecule has 0 spiro atoms. The summed E-state index contributed by atoms with van der Waals surface area (Å²) in [5.74, 6) is 0.919. The van der Waals surface area contributed by atoms with Crippen molar-refractivity contribution >= 4 is 11.3 Å². The zero-order valence-electron chi connectivity index (χ0n) is 9.16. The zero-order chi connectivity index (χ0) is 10.5. The maximum atomic E-state index is 5.04. The largest absolute Gasteiger partial charge is 0.378 e. The summed E-state index contributed by atoms with van der Waals surface area (Å²) in [5, 5.41) is 6.64. The second-order valence-electron chi connectivity index (χ2n) is 4.09. The molecule has 0 atom stereocenters. The molecular weight excluding hydrogens is 208 g/mol. The van der Waals surface area contributed by atoms with Crippen molar-refractivity contribution in [1.29, 1.82) is 0 Å². The van der Waals surface area contributed by atoms with E-state index in [4.69, 9.17) is 4.74 Å². The van der Waals surface area contributed by atoms with Gasteiger partial charge in [-0.15, -0.1) is 11.3 Å². The molecule has 3 nitrogen and oxygen atoms in total. The topological polar surface area (TPSA) is 34.1 Å². The van der Waals surface area contributed by atoms with Crippen LogP contribution in [0.2, 0.25) is 0 Å². The van der Waals surface area contributed by atoms with Gasteiger partial charge in [-0.25, -0.2) is 4.98 Å². The van der Waals surface area contributed by atoms with Crippen molar-refractivity contribution in [2.24, 2.45) is 5.92 Å². The van der Waals surface area contributed by atoms with Gasteiger partial charge in [0.25, 0.3) is 0 Å². The normalized spacial score (nSPS) is 16.6. The Bertz CT molecular complexity index is 297. The summed E-state index contributed by atoms with van der Waals surface area (Å²) in [6.45, 7) is 2.68. The van der Waals surface area contributed by atoms with E-state index in [0.29, 0.717) is 6.61 Å². The number of thiazole rings is 1. The molecule has 1 aliphatic carbocycles. The monoisotopic (exact) mass is 226 g/mol. The minimum atomic E-state index is 0.632. The van der Waals surface area contributed by atoms with Crippen molar-refractivity contribution in [3.63, 3.8) is 0 Å². The second-order valence-corrected chi connectivity index (χ2v) is 5.04. The fourth-order valence-electron chi connectivity index (χ4n) is 1.72. The number of ether oxygens (including phenoxy) is 1. The van der Waals surface area contributed by atoms with Crippen molar-refractivity contribution < 1.29 is 4.74 Å². The second kappa shape index (κ2) is 5.58. The third-order valence-corrected chi connectivity index (χ3v) is 3.70. The molecule has 1 aliphatic rings. The van der Waals surface area contributed by atoms with Gasteiger partial charge < -0.3 is 10.1 Å². The number of nitrogens with zero attached hydrogens (tertiary/aromatic N) is 1. The molecule has 2 rings (SSSR count). The van der Waals surface area contributed by atoms with Gasteiger partial charge in [0.2, 0.25) is 0 Å². The number of nitrogens with one attached hydrogen (secondary N) is 1. The summed E-state index contributed by atoms with van der Waals surface area (Å²) in [6.07, 6.45) is 4.22. The number of rotatable bonds is 6. The lowest BCUT2D eigenvalue weighted by molar-refractivity contribution is 0.184. The Kier molecular flexibility index (Phi) is 4.11.